The van der Waals surface area contributed by atoms with Gasteiger partial charge in [0.1, 0.15) is 0 Å². The summed E-state index contributed by atoms with van der Waals surface area (Å²) in [6.45, 7) is 15.7. The zero-order valence-electron chi connectivity index (χ0n) is 28.2. The molecular weight excluding hydrogens is 742 g/mol. The van der Waals surface area contributed by atoms with Crippen molar-refractivity contribution in [1.82, 2.24) is 0 Å². The van der Waals surface area contributed by atoms with Gasteiger partial charge in [0.25, 0.3) is 0 Å². The van der Waals surface area contributed by atoms with E-state index in [4.69, 9.17) is 9.47 Å². The van der Waals surface area contributed by atoms with Crippen molar-refractivity contribution in [2.75, 3.05) is 13.2 Å². The quantitative estimate of drug-likeness (QED) is 0.132. The van der Waals surface area contributed by atoms with Gasteiger partial charge in [-0.1, -0.05) is 0 Å². The average Bonchev–Trinajstić information content (AvgIpc) is 3.43. The number of rotatable bonds is 19. The second-order valence-corrected chi connectivity index (χ2v) is 48.2. The topological polar surface area (TPSA) is 18.5 Å². The van der Waals surface area contributed by atoms with Crippen LogP contribution in [0.15, 0.2) is 12.1 Å². The van der Waals surface area contributed by atoms with E-state index < -0.39 is 36.8 Å². The van der Waals surface area contributed by atoms with Crippen LogP contribution in [0, 0.1) is 23.7 Å². The van der Waals surface area contributed by atoms with Crippen LogP contribution >= 0.6 is 22.7 Å². The summed E-state index contributed by atoms with van der Waals surface area (Å²) in [5.74, 6) is 5.27. The van der Waals surface area contributed by atoms with Crippen LogP contribution in [0.5, 0.6) is 11.5 Å². The predicted molar refractivity (Wildman–Crippen MR) is 190 cm³/mol. The fourth-order valence-electron chi connectivity index (χ4n) is 4.80. The molecule has 0 saturated heterocycles. The molecule has 40 heavy (non-hydrogen) atoms. The third-order valence-electron chi connectivity index (χ3n) is 7.77. The zero-order valence-corrected chi connectivity index (χ0v) is 35.5. The van der Waals surface area contributed by atoms with Crippen LogP contribution in [-0.4, -0.2) is 50.0 Å². The summed E-state index contributed by atoms with van der Waals surface area (Å²) in [4.78, 5) is 17.8. The molecule has 0 fully saturated rings. The first kappa shape index (κ1) is 36.8. The minimum atomic E-state index is -2.26. The van der Waals surface area contributed by atoms with Crippen LogP contribution in [0.1, 0.15) is 92.9 Å². The van der Waals surface area contributed by atoms with Crippen molar-refractivity contribution in [2.45, 2.75) is 123 Å². The molecule has 2 nitrogen and oxygen atoms in total. The van der Waals surface area contributed by atoms with Crippen LogP contribution in [0.2, 0.25) is 29.6 Å². The molecule has 2 rings (SSSR count). The normalized spacial score (nSPS) is 14.2. The Morgan fingerprint density at radius 2 is 0.900 bits per heavy atom. The van der Waals surface area contributed by atoms with Crippen molar-refractivity contribution in [3.05, 3.63) is 12.1 Å². The van der Waals surface area contributed by atoms with E-state index in [9.17, 15) is 0 Å². The Hall–Kier alpha value is 0.597. The number of thiophene rings is 2. The predicted octanol–water partition coefficient (Wildman–Crippen LogP) is 11.0. The van der Waals surface area contributed by atoms with E-state index in [1.807, 2.05) is 22.7 Å². The summed E-state index contributed by atoms with van der Waals surface area (Å²) in [6.07, 6.45) is 10.2. The molecule has 0 aliphatic heterocycles. The van der Waals surface area contributed by atoms with E-state index in [1.165, 1.54) is 48.3 Å². The molecule has 230 valence electrons. The molecule has 2 aromatic heterocycles. The Morgan fingerprint density at radius 3 is 1.20 bits per heavy atom. The maximum atomic E-state index is 6.63. The molecule has 0 bridgehead atoms. The van der Waals surface area contributed by atoms with Gasteiger partial charge in [0.2, 0.25) is 0 Å². The zero-order chi connectivity index (χ0) is 30.1. The minimum absolute atomic E-state index is 0.715. The monoisotopic (exact) mass is 806 g/mol. The van der Waals surface area contributed by atoms with Crippen molar-refractivity contribution in [2.24, 2.45) is 23.7 Å². The van der Waals surface area contributed by atoms with Gasteiger partial charge in [-0.25, -0.2) is 0 Å². The summed E-state index contributed by atoms with van der Waals surface area (Å²) in [7, 11) is 0. The molecule has 6 heteroatoms. The number of ether oxygens (including phenoxy) is 2. The molecule has 2 aromatic rings. The van der Waals surface area contributed by atoms with E-state index in [1.54, 1.807) is 5.79 Å². The molecule has 2 atom stereocenters. The molecule has 0 radical (unpaired) electrons. The van der Waals surface area contributed by atoms with Crippen molar-refractivity contribution in [3.63, 3.8) is 0 Å². The number of hydrogen-bond acceptors (Lipinski definition) is 4. The molecule has 0 amide bonds. The fraction of sp³-hybridized carbons (Fsp3) is 0.765. The molecule has 0 spiro atoms. The molecule has 2 heterocycles. The Kier molecular flexibility index (Phi) is 15.8. The summed E-state index contributed by atoms with van der Waals surface area (Å²) >= 11 is -0.495. The van der Waals surface area contributed by atoms with Crippen molar-refractivity contribution in [3.8, 4) is 21.3 Å². The Labute approximate surface area is 265 Å². The van der Waals surface area contributed by atoms with Crippen LogP contribution in [0.4, 0.5) is 0 Å². The molecule has 0 saturated carbocycles. The molecule has 0 aliphatic carbocycles. The Morgan fingerprint density at radius 1 is 0.550 bits per heavy atom. The Bertz CT molecular complexity index is 914. The molecular formula is C34H62O2S2Sn2. The fourth-order valence-corrected chi connectivity index (χ4v) is 17.5. The SMILES string of the molecule is CC(C)CCC[C@H](C)CCOc1c[c]([Sn]([CH3])([CH3])[CH3])sc1-c1s[c]([Sn]([CH3])([CH3])[CH3])cc1OCC[C@@H](C)CCCC(C)C. The third-order valence-corrected chi connectivity index (χ3v) is 29.0. The van der Waals surface area contributed by atoms with E-state index in [0.717, 1.165) is 49.4 Å². The first-order valence-corrected chi connectivity index (χ1v) is 37.7. The van der Waals surface area contributed by atoms with Gasteiger partial charge in [0, 0.05) is 0 Å². The van der Waals surface area contributed by atoms with Gasteiger partial charge in [-0.3, -0.25) is 0 Å². The standard InChI is InChI=1S/C28H44O2S2.6CH3.2Sn/c1-21(2)9-7-11-23(5)13-17-29-25-15-19-31-27(25)28-26(16-20-32-28)30-18-14-24(6)12-8-10-22(3)4;;;;;;;;/h15-16,21-24H,7-14,17-18H2,1-6H3;6*1H3;;/t23-,24-;;;;;;;;/m0......../s1. The summed E-state index contributed by atoms with van der Waals surface area (Å²) < 4.78 is 16.5. The van der Waals surface area contributed by atoms with Crippen LogP contribution in [0.3, 0.4) is 0 Å². The molecule has 0 aromatic carbocycles. The van der Waals surface area contributed by atoms with Gasteiger partial charge in [0.15, 0.2) is 0 Å². The Balaban J connectivity index is 2.22. The van der Waals surface area contributed by atoms with Gasteiger partial charge in [-0.2, -0.15) is 0 Å². The summed E-state index contributed by atoms with van der Waals surface area (Å²) in [5.41, 5.74) is 0. The van der Waals surface area contributed by atoms with Gasteiger partial charge in [0.05, 0.1) is 0 Å². The maximum absolute atomic E-state index is 6.63. The molecule has 0 aliphatic rings. The van der Waals surface area contributed by atoms with Crippen molar-refractivity contribution >= 4 is 65.2 Å². The van der Waals surface area contributed by atoms with Crippen molar-refractivity contribution < 1.29 is 9.47 Å². The first-order chi connectivity index (χ1) is 18.6. The first-order valence-electron chi connectivity index (χ1n) is 16.1. The van der Waals surface area contributed by atoms with Crippen molar-refractivity contribution in [1.29, 1.82) is 0 Å². The molecule has 0 unspecified atom stereocenters. The second kappa shape index (κ2) is 17.2. The summed E-state index contributed by atoms with van der Waals surface area (Å²) in [6, 6.07) is 4.83. The van der Waals surface area contributed by atoms with E-state index in [2.05, 4.69) is 83.3 Å². The van der Waals surface area contributed by atoms with Gasteiger partial charge in [-0.05, 0) is 0 Å². The van der Waals surface area contributed by atoms with E-state index in [-0.39, 0.29) is 0 Å². The molecule has 0 N–H and O–H groups in total. The number of hydrogen-bond donors (Lipinski definition) is 0. The average molecular weight is 804 g/mol. The van der Waals surface area contributed by atoms with E-state index in [0.29, 0.717) is 11.8 Å². The van der Waals surface area contributed by atoms with Crippen LogP contribution < -0.4 is 15.3 Å². The van der Waals surface area contributed by atoms with E-state index >= 15 is 0 Å². The summed E-state index contributed by atoms with van der Waals surface area (Å²) in [5, 5.41) is 0. The van der Waals surface area contributed by atoms with Gasteiger partial charge in [-0.15, -0.1) is 0 Å². The van der Waals surface area contributed by atoms with Gasteiger partial charge >= 0.3 is 268 Å². The second-order valence-electron chi connectivity index (χ2n) is 15.2. The third kappa shape index (κ3) is 13.1. The van der Waals surface area contributed by atoms with Gasteiger partial charge < -0.3 is 0 Å². The van der Waals surface area contributed by atoms with Crippen LogP contribution in [-0.2, 0) is 0 Å². The van der Waals surface area contributed by atoms with Crippen LogP contribution in [0.25, 0.3) is 9.75 Å².